The smallest absolute Gasteiger partial charge is 0.320 e. The van der Waals surface area contributed by atoms with E-state index in [9.17, 15) is 4.79 Å². The van der Waals surface area contributed by atoms with Crippen molar-refractivity contribution in [2.24, 2.45) is 5.73 Å². The van der Waals surface area contributed by atoms with E-state index in [2.05, 4.69) is 11.8 Å². The normalized spacial score (nSPS) is 12.2. The van der Waals surface area contributed by atoms with Crippen molar-refractivity contribution in [1.82, 2.24) is 0 Å². The Kier molecular flexibility index (Phi) is 6.67. The Hall–Kier alpha value is -1.26. The van der Waals surface area contributed by atoms with Crippen molar-refractivity contribution >= 4 is 23.3 Å². The van der Waals surface area contributed by atoms with Gasteiger partial charge in [0.05, 0.1) is 0 Å². The Morgan fingerprint density at radius 1 is 1.37 bits per heavy atom. The number of nitrogens with zero attached hydrogens (tertiary/aromatic N) is 1. The fraction of sp³-hybridized carbons (Fsp3) is 0.500. The minimum atomic E-state index is -0.973. The summed E-state index contributed by atoms with van der Waals surface area (Å²) in [5, 5.41) is 8.78. The Bertz CT molecular complexity index is 389. The summed E-state index contributed by atoms with van der Waals surface area (Å²) < 4.78 is 0. The summed E-state index contributed by atoms with van der Waals surface area (Å²) in [6, 6.07) is 6.99. The van der Waals surface area contributed by atoms with Crippen LogP contribution in [0.4, 0.5) is 5.69 Å². The van der Waals surface area contributed by atoms with Crippen LogP contribution in [0, 0.1) is 0 Å². The maximum absolute atomic E-state index is 10.7. The SMILES string of the molecule is CCCN(CCCl)c1ccc(C[C@H](N)C(=O)O)cc1. The summed E-state index contributed by atoms with van der Waals surface area (Å²) >= 11 is 5.79. The Balaban J connectivity index is 2.71. The summed E-state index contributed by atoms with van der Waals surface area (Å²) in [5.41, 5.74) is 7.55. The van der Waals surface area contributed by atoms with Gasteiger partial charge in [0.15, 0.2) is 0 Å². The van der Waals surface area contributed by atoms with Crippen LogP contribution in [0.15, 0.2) is 24.3 Å². The molecule has 0 bridgehead atoms. The first-order chi connectivity index (χ1) is 9.08. The Morgan fingerprint density at radius 2 is 2.00 bits per heavy atom. The van der Waals surface area contributed by atoms with Crippen LogP contribution in [0.2, 0.25) is 0 Å². The lowest BCUT2D eigenvalue weighted by Gasteiger charge is -2.23. The number of carbonyl (C=O) groups is 1. The van der Waals surface area contributed by atoms with Gasteiger partial charge in [0.25, 0.3) is 0 Å². The van der Waals surface area contributed by atoms with Gasteiger partial charge >= 0.3 is 5.97 Å². The van der Waals surface area contributed by atoms with Crippen molar-refractivity contribution in [3.63, 3.8) is 0 Å². The van der Waals surface area contributed by atoms with Gasteiger partial charge in [-0.15, -0.1) is 11.6 Å². The molecule has 106 valence electrons. The minimum Gasteiger partial charge on any atom is -0.480 e. The molecule has 5 heteroatoms. The van der Waals surface area contributed by atoms with Crippen LogP contribution in [0.3, 0.4) is 0 Å². The number of halogens is 1. The molecule has 0 heterocycles. The van der Waals surface area contributed by atoms with Crippen LogP contribution in [0.5, 0.6) is 0 Å². The number of aliphatic carboxylic acids is 1. The van der Waals surface area contributed by atoms with Crippen molar-refractivity contribution < 1.29 is 9.90 Å². The van der Waals surface area contributed by atoms with E-state index in [0.717, 1.165) is 30.8 Å². The van der Waals surface area contributed by atoms with Gasteiger partial charge in [-0.3, -0.25) is 4.79 Å². The number of carboxylic acid groups (broad SMARTS) is 1. The standard InChI is InChI=1S/C14H21ClN2O2/c1-2-8-17(9-7-15)12-5-3-11(4-6-12)10-13(16)14(18)19/h3-6,13H,2,7-10,16H2,1H3,(H,18,19)/t13-/m0/s1. The number of carboxylic acids is 1. The van der Waals surface area contributed by atoms with E-state index < -0.39 is 12.0 Å². The molecule has 0 radical (unpaired) electrons. The van der Waals surface area contributed by atoms with Crippen molar-refractivity contribution in [2.75, 3.05) is 23.9 Å². The van der Waals surface area contributed by atoms with Crippen molar-refractivity contribution in [1.29, 1.82) is 0 Å². The largest absolute Gasteiger partial charge is 0.480 e. The molecule has 0 saturated carbocycles. The maximum Gasteiger partial charge on any atom is 0.320 e. The van der Waals surface area contributed by atoms with Crippen molar-refractivity contribution in [3.05, 3.63) is 29.8 Å². The maximum atomic E-state index is 10.7. The Morgan fingerprint density at radius 3 is 2.47 bits per heavy atom. The summed E-state index contributed by atoms with van der Waals surface area (Å²) in [7, 11) is 0. The monoisotopic (exact) mass is 284 g/mol. The fourth-order valence-electron chi connectivity index (χ4n) is 1.93. The van der Waals surface area contributed by atoms with Gasteiger partial charge in [-0.1, -0.05) is 19.1 Å². The van der Waals surface area contributed by atoms with E-state index in [0.29, 0.717) is 12.3 Å². The number of rotatable bonds is 8. The van der Waals surface area contributed by atoms with Crippen LogP contribution in [-0.4, -0.2) is 36.1 Å². The van der Waals surface area contributed by atoms with Crippen LogP contribution in [-0.2, 0) is 11.2 Å². The number of alkyl halides is 1. The van der Waals surface area contributed by atoms with E-state index in [1.165, 1.54) is 0 Å². The molecule has 0 fully saturated rings. The summed E-state index contributed by atoms with van der Waals surface area (Å²) in [5.74, 6) is -0.384. The molecular formula is C14H21ClN2O2. The highest BCUT2D eigenvalue weighted by Crippen LogP contribution is 2.16. The van der Waals surface area contributed by atoms with Crippen molar-refractivity contribution in [2.45, 2.75) is 25.8 Å². The predicted octanol–water partition coefficient (Wildman–Crippen LogP) is 2.10. The average Bonchev–Trinajstić information content (AvgIpc) is 2.39. The van der Waals surface area contributed by atoms with E-state index in [4.69, 9.17) is 22.4 Å². The lowest BCUT2D eigenvalue weighted by atomic mass is 10.1. The van der Waals surface area contributed by atoms with Gasteiger partial charge in [-0.25, -0.2) is 0 Å². The first kappa shape index (κ1) is 15.8. The molecule has 0 saturated heterocycles. The van der Waals surface area contributed by atoms with Gasteiger partial charge in [-0.2, -0.15) is 0 Å². The highest BCUT2D eigenvalue weighted by atomic mass is 35.5. The van der Waals surface area contributed by atoms with E-state index in [1.54, 1.807) is 0 Å². The topological polar surface area (TPSA) is 66.6 Å². The van der Waals surface area contributed by atoms with Crippen LogP contribution in [0.1, 0.15) is 18.9 Å². The molecule has 0 unspecified atom stereocenters. The summed E-state index contributed by atoms with van der Waals surface area (Å²) in [6.45, 7) is 3.89. The molecule has 0 aromatic heterocycles. The van der Waals surface area contributed by atoms with E-state index in [-0.39, 0.29) is 0 Å². The van der Waals surface area contributed by atoms with Gasteiger partial charge in [-0.05, 0) is 30.5 Å². The number of hydrogen-bond acceptors (Lipinski definition) is 3. The zero-order valence-corrected chi connectivity index (χ0v) is 11.9. The molecule has 1 aromatic carbocycles. The molecule has 1 atom stereocenters. The third-order valence-electron chi connectivity index (χ3n) is 2.92. The molecule has 3 N–H and O–H groups in total. The zero-order chi connectivity index (χ0) is 14.3. The molecule has 0 spiro atoms. The first-order valence-electron chi connectivity index (χ1n) is 6.46. The van der Waals surface area contributed by atoms with Crippen LogP contribution < -0.4 is 10.6 Å². The second-order valence-corrected chi connectivity index (χ2v) is 4.87. The van der Waals surface area contributed by atoms with Crippen molar-refractivity contribution in [3.8, 4) is 0 Å². The highest BCUT2D eigenvalue weighted by molar-refractivity contribution is 6.18. The molecule has 0 aliphatic carbocycles. The Labute approximate surface area is 119 Å². The number of benzene rings is 1. The average molecular weight is 285 g/mol. The molecule has 0 amide bonds. The molecule has 4 nitrogen and oxygen atoms in total. The lowest BCUT2D eigenvalue weighted by molar-refractivity contribution is -0.138. The van der Waals surface area contributed by atoms with E-state index in [1.807, 2.05) is 24.3 Å². The first-order valence-corrected chi connectivity index (χ1v) is 7.00. The quantitative estimate of drug-likeness (QED) is 0.718. The second-order valence-electron chi connectivity index (χ2n) is 4.49. The lowest BCUT2D eigenvalue weighted by Crippen LogP contribution is -2.32. The second kappa shape index (κ2) is 8.02. The summed E-state index contributed by atoms with van der Waals surface area (Å²) in [6.07, 6.45) is 1.40. The van der Waals surface area contributed by atoms with E-state index >= 15 is 0 Å². The van der Waals surface area contributed by atoms with Gasteiger partial charge < -0.3 is 15.7 Å². The third kappa shape index (κ3) is 5.09. The summed E-state index contributed by atoms with van der Waals surface area (Å²) in [4.78, 5) is 12.9. The predicted molar refractivity (Wildman–Crippen MR) is 79.0 cm³/mol. The number of nitrogens with two attached hydrogens (primary N) is 1. The van der Waals surface area contributed by atoms with Gasteiger partial charge in [0, 0.05) is 24.7 Å². The van der Waals surface area contributed by atoms with Crippen LogP contribution in [0.25, 0.3) is 0 Å². The number of anilines is 1. The zero-order valence-electron chi connectivity index (χ0n) is 11.2. The minimum absolute atomic E-state index is 0.346. The number of hydrogen-bond donors (Lipinski definition) is 2. The molecule has 0 aliphatic rings. The highest BCUT2D eigenvalue weighted by Gasteiger charge is 2.12. The third-order valence-corrected chi connectivity index (χ3v) is 3.09. The molecule has 0 aliphatic heterocycles. The molecular weight excluding hydrogens is 264 g/mol. The van der Waals surface area contributed by atoms with Gasteiger partial charge in [0.2, 0.25) is 0 Å². The van der Waals surface area contributed by atoms with Gasteiger partial charge in [0.1, 0.15) is 6.04 Å². The van der Waals surface area contributed by atoms with Crippen LogP contribution >= 0.6 is 11.6 Å². The molecule has 1 rings (SSSR count). The fourth-order valence-corrected chi connectivity index (χ4v) is 2.13. The molecule has 19 heavy (non-hydrogen) atoms. The molecule has 1 aromatic rings.